The van der Waals surface area contributed by atoms with Crippen molar-refractivity contribution in [2.75, 3.05) is 0 Å². The predicted octanol–water partition coefficient (Wildman–Crippen LogP) is 9.12. The zero-order chi connectivity index (χ0) is 34.8. The van der Waals surface area contributed by atoms with Gasteiger partial charge in [-0.25, -0.2) is 23.7 Å². The largest absolute Gasteiger partial charge is 0.318 e. The van der Waals surface area contributed by atoms with Gasteiger partial charge in [0.2, 0.25) is 0 Å². The van der Waals surface area contributed by atoms with Crippen molar-refractivity contribution in [3.05, 3.63) is 185 Å². The molecular weight excluding hydrogens is 639 g/mol. The molecule has 0 aliphatic heterocycles. The number of benzene rings is 4. The Kier molecular flexibility index (Phi) is 7.07. The van der Waals surface area contributed by atoms with Crippen LogP contribution in [0.5, 0.6) is 0 Å². The number of rotatable bonds is 7. The molecule has 2 aliphatic rings. The Labute approximate surface area is 294 Å². The highest BCUT2D eigenvalue weighted by atomic mass is 19.1. The minimum atomic E-state index is -0.721. The molecular formula is C43H34F2N6. The summed E-state index contributed by atoms with van der Waals surface area (Å²) in [7, 11) is 0. The van der Waals surface area contributed by atoms with Crippen LogP contribution in [0.25, 0.3) is 22.8 Å². The second-order valence-corrected chi connectivity index (χ2v) is 14.1. The fourth-order valence-electron chi connectivity index (χ4n) is 9.08. The lowest BCUT2D eigenvalue weighted by atomic mass is 9.66. The smallest absolute Gasteiger partial charge is 0.179 e. The quantitative estimate of drug-likeness (QED) is 0.158. The molecule has 4 aromatic carbocycles. The number of hydrogen-bond acceptors (Lipinski definition) is 5. The molecule has 0 spiro atoms. The van der Waals surface area contributed by atoms with Crippen LogP contribution in [0, 0.1) is 17.0 Å². The van der Waals surface area contributed by atoms with Crippen LogP contribution >= 0.6 is 0 Å². The number of aromatic nitrogens is 6. The van der Waals surface area contributed by atoms with Crippen molar-refractivity contribution in [1.82, 2.24) is 29.7 Å². The number of nitrogens with zero attached hydrogens (tertiary/aromatic N) is 6. The van der Waals surface area contributed by atoms with E-state index in [-0.39, 0.29) is 22.6 Å². The molecule has 0 saturated heterocycles. The Hall–Kier alpha value is -5.89. The average molecular weight is 673 g/mol. The highest BCUT2D eigenvalue weighted by Gasteiger charge is 2.65. The van der Waals surface area contributed by atoms with Gasteiger partial charge >= 0.3 is 0 Å². The number of halogens is 2. The molecule has 0 amide bonds. The summed E-state index contributed by atoms with van der Waals surface area (Å²) in [5, 5.41) is 9.13. The Morgan fingerprint density at radius 2 is 1.31 bits per heavy atom. The molecule has 3 aromatic heterocycles. The van der Waals surface area contributed by atoms with Gasteiger partial charge in [0.05, 0.1) is 34.4 Å². The van der Waals surface area contributed by atoms with E-state index in [2.05, 4.69) is 96.3 Å². The van der Waals surface area contributed by atoms with Gasteiger partial charge in [0.25, 0.3) is 0 Å². The monoisotopic (exact) mass is 672 g/mol. The fraction of sp³-hybridized carbons (Fsp3) is 0.186. The highest BCUT2D eigenvalue weighted by Crippen LogP contribution is 2.69. The molecule has 2 aliphatic carbocycles. The first-order valence-corrected chi connectivity index (χ1v) is 17.2. The molecule has 9 rings (SSSR count). The highest BCUT2D eigenvalue weighted by molar-refractivity contribution is 5.64. The van der Waals surface area contributed by atoms with Gasteiger partial charge in [0.15, 0.2) is 5.82 Å². The molecule has 0 N–H and O–H groups in total. The SMILES string of the molecule is CC1(C)[C@H]2CC[C@]1(c1ccnc(-c3cn(C(c4ccccc4)(c4ccccc4)c4ccccc4)cn3)n1)c1nnc(-c3c(F)cccc3F)cc12. The van der Waals surface area contributed by atoms with E-state index in [9.17, 15) is 8.78 Å². The van der Waals surface area contributed by atoms with E-state index in [1.54, 1.807) is 6.20 Å². The zero-order valence-electron chi connectivity index (χ0n) is 28.2. The van der Waals surface area contributed by atoms with E-state index >= 15 is 0 Å². The third-order valence-corrected chi connectivity index (χ3v) is 11.5. The molecule has 1 saturated carbocycles. The van der Waals surface area contributed by atoms with Crippen molar-refractivity contribution in [3.8, 4) is 22.8 Å². The molecule has 51 heavy (non-hydrogen) atoms. The third-order valence-electron chi connectivity index (χ3n) is 11.5. The van der Waals surface area contributed by atoms with Gasteiger partial charge in [0.1, 0.15) is 22.9 Å². The summed E-state index contributed by atoms with van der Waals surface area (Å²) in [6.45, 7) is 4.47. The maximum Gasteiger partial charge on any atom is 0.179 e. The Morgan fingerprint density at radius 3 is 1.92 bits per heavy atom. The number of fused-ring (bicyclic) bond motifs is 5. The summed E-state index contributed by atoms with van der Waals surface area (Å²) >= 11 is 0. The van der Waals surface area contributed by atoms with Crippen molar-refractivity contribution in [2.45, 2.75) is 43.6 Å². The van der Waals surface area contributed by atoms with Gasteiger partial charge < -0.3 is 4.57 Å². The fourth-order valence-corrected chi connectivity index (χ4v) is 9.08. The topological polar surface area (TPSA) is 69.4 Å². The first kappa shape index (κ1) is 31.1. The van der Waals surface area contributed by atoms with Crippen molar-refractivity contribution >= 4 is 0 Å². The van der Waals surface area contributed by atoms with E-state index in [0.717, 1.165) is 46.5 Å². The van der Waals surface area contributed by atoms with Gasteiger partial charge in [-0.3, -0.25) is 0 Å². The maximum atomic E-state index is 14.8. The lowest BCUT2D eigenvalue weighted by molar-refractivity contribution is 0.243. The molecule has 8 heteroatoms. The first-order valence-electron chi connectivity index (χ1n) is 17.2. The summed E-state index contributed by atoms with van der Waals surface area (Å²) < 4.78 is 31.8. The van der Waals surface area contributed by atoms with Crippen LogP contribution in [0.15, 0.2) is 140 Å². The first-order chi connectivity index (χ1) is 24.9. The second kappa shape index (κ2) is 11.6. The van der Waals surface area contributed by atoms with Crippen molar-refractivity contribution in [1.29, 1.82) is 0 Å². The molecule has 7 aromatic rings. The molecule has 3 heterocycles. The van der Waals surface area contributed by atoms with Gasteiger partial charge in [-0.2, -0.15) is 5.10 Å². The number of imidazole rings is 1. The van der Waals surface area contributed by atoms with Crippen molar-refractivity contribution < 1.29 is 8.78 Å². The summed E-state index contributed by atoms with van der Waals surface area (Å²) in [4.78, 5) is 14.9. The molecule has 2 atom stereocenters. The molecule has 0 unspecified atom stereocenters. The van der Waals surface area contributed by atoms with Gasteiger partial charge in [-0.05, 0) is 70.7 Å². The molecule has 1 fully saturated rings. The lowest BCUT2D eigenvalue weighted by Gasteiger charge is -2.37. The normalized spacial score (nSPS) is 18.9. The summed E-state index contributed by atoms with van der Waals surface area (Å²) in [6, 6.07) is 39.0. The van der Waals surface area contributed by atoms with Crippen LogP contribution in [-0.2, 0) is 11.0 Å². The van der Waals surface area contributed by atoms with E-state index in [1.165, 1.54) is 18.2 Å². The molecule has 0 radical (unpaired) electrons. The van der Waals surface area contributed by atoms with E-state index in [0.29, 0.717) is 11.5 Å². The van der Waals surface area contributed by atoms with Crippen LogP contribution in [0.4, 0.5) is 8.78 Å². The molecule has 6 nitrogen and oxygen atoms in total. The van der Waals surface area contributed by atoms with Gasteiger partial charge in [-0.15, -0.1) is 5.10 Å². The standard InChI is InChI=1S/C43H34F2N6/c1-41(2)32-21-23-42(41,39-31(32)25-35(49-50-39)38-33(44)19-12-20-34(38)45)37-22-24-46-40(48-37)36-26-51(27-47-36)43(28-13-6-3-7-14-28,29-15-8-4-9-16-29)30-17-10-5-11-18-30/h3-20,22,24-27,32H,21,23H2,1-2H3/t32-,42-/m0/s1. The minimum absolute atomic E-state index is 0.123. The molecule has 250 valence electrons. The van der Waals surface area contributed by atoms with E-state index in [4.69, 9.17) is 20.1 Å². The van der Waals surface area contributed by atoms with Crippen LogP contribution in [0.1, 0.15) is 66.2 Å². The van der Waals surface area contributed by atoms with Crippen molar-refractivity contribution in [2.24, 2.45) is 5.41 Å². The van der Waals surface area contributed by atoms with Crippen LogP contribution in [-0.4, -0.2) is 29.7 Å². The van der Waals surface area contributed by atoms with Crippen molar-refractivity contribution in [3.63, 3.8) is 0 Å². The Balaban J connectivity index is 1.18. The molecule has 2 bridgehead atoms. The maximum absolute atomic E-state index is 14.8. The van der Waals surface area contributed by atoms with Gasteiger partial charge in [-0.1, -0.05) is 111 Å². The average Bonchev–Trinajstić information content (AvgIpc) is 3.81. The Bertz CT molecular complexity index is 2280. The minimum Gasteiger partial charge on any atom is -0.318 e. The lowest BCUT2D eigenvalue weighted by Crippen LogP contribution is -2.38. The summed E-state index contributed by atoms with van der Waals surface area (Å²) in [5.74, 6) is -0.680. The number of hydrogen-bond donors (Lipinski definition) is 0. The van der Waals surface area contributed by atoms with Crippen LogP contribution in [0.2, 0.25) is 0 Å². The van der Waals surface area contributed by atoms with Crippen LogP contribution in [0.3, 0.4) is 0 Å². The van der Waals surface area contributed by atoms with Crippen LogP contribution < -0.4 is 0 Å². The zero-order valence-corrected chi connectivity index (χ0v) is 28.2. The summed E-state index contributed by atoms with van der Waals surface area (Å²) in [6.07, 6.45) is 7.41. The van der Waals surface area contributed by atoms with Gasteiger partial charge in [0, 0.05) is 12.4 Å². The second-order valence-electron chi connectivity index (χ2n) is 14.1. The van der Waals surface area contributed by atoms with E-state index < -0.39 is 22.6 Å². The predicted molar refractivity (Wildman–Crippen MR) is 192 cm³/mol. The van der Waals surface area contributed by atoms with E-state index in [1.807, 2.05) is 42.9 Å². The third kappa shape index (κ3) is 4.41. The summed E-state index contributed by atoms with van der Waals surface area (Å²) in [5.41, 5.74) is 5.03. The Morgan fingerprint density at radius 1 is 0.706 bits per heavy atom.